The van der Waals surface area contributed by atoms with Crippen molar-refractivity contribution in [1.29, 1.82) is 0 Å². The van der Waals surface area contributed by atoms with Crippen LogP contribution in [0, 0.1) is 26.6 Å². The van der Waals surface area contributed by atoms with E-state index in [2.05, 4.69) is 15.6 Å². The van der Waals surface area contributed by atoms with Gasteiger partial charge in [-0.2, -0.15) is 0 Å². The molecule has 3 rings (SSSR count). The van der Waals surface area contributed by atoms with Crippen LogP contribution in [0.15, 0.2) is 41.4 Å². The van der Waals surface area contributed by atoms with Crippen LogP contribution < -0.4 is 10.6 Å². The van der Waals surface area contributed by atoms with Crippen molar-refractivity contribution in [2.45, 2.75) is 32.4 Å². The van der Waals surface area contributed by atoms with E-state index in [0.29, 0.717) is 16.4 Å². The Bertz CT molecular complexity index is 943. The Kier molecular flexibility index (Phi) is 5.60. The minimum Gasteiger partial charge on any atom is -0.326 e. The number of benzene rings is 2. The second-order valence-corrected chi connectivity index (χ2v) is 7.71. The second kappa shape index (κ2) is 7.92. The van der Waals surface area contributed by atoms with E-state index in [9.17, 15) is 14.0 Å². The minimum atomic E-state index is -0.566. The van der Waals surface area contributed by atoms with Gasteiger partial charge >= 0.3 is 0 Å². The fourth-order valence-corrected chi connectivity index (χ4v) is 3.59. The van der Waals surface area contributed by atoms with Crippen LogP contribution in [0.1, 0.15) is 23.1 Å². The summed E-state index contributed by atoms with van der Waals surface area (Å²) in [6.45, 7) is 5.53. The average Bonchev–Trinajstić information content (AvgIpc) is 2.93. The number of halogens is 1. The Morgan fingerprint density at radius 2 is 1.93 bits per heavy atom. The molecule has 1 aliphatic heterocycles. The number of thioether (sulfide) groups is 1. The molecule has 0 aliphatic carbocycles. The maximum Gasteiger partial charge on any atom is 0.240 e. The first kappa shape index (κ1) is 19.1. The molecule has 0 bridgehead atoms. The van der Waals surface area contributed by atoms with E-state index in [4.69, 9.17) is 0 Å². The van der Waals surface area contributed by atoms with Gasteiger partial charge < -0.3 is 10.6 Å². The van der Waals surface area contributed by atoms with Gasteiger partial charge in [0.05, 0.1) is 5.69 Å². The average molecular weight is 385 g/mol. The number of rotatable bonds is 4. The molecule has 140 valence electrons. The van der Waals surface area contributed by atoms with Gasteiger partial charge in [0.2, 0.25) is 11.8 Å². The summed E-state index contributed by atoms with van der Waals surface area (Å²) in [7, 11) is 0. The summed E-state index contributed by atoms with van der Waals surface area (Å²) < 4.78 is 13.6. The zero-order valence-electron chi connectivity index (χ0n) is 15.3. The number of amides is 2. The summed E-state index contributed by atoms with van der Waals surface area (Å²) in [5.41, 5.74) is 3.70. The molecule has 7 heteroatoms. The van der Waals surface area contributed by atoms with Crippen LogP contribution >= 0.6 is 11.8 Å². The van der Waals surface area contributed by atoms with Crippen molar-refractivity contribution >= 4 is 40.1 Å². The van der Waals surface area contributed by atoms with E-state index in [-0.39, 0.29) is 24.1 Å². The highest BCUT2D eigenvalue weighted by Gasteiger charge is 2.32. The SMILES string of the molecule is Cc1ccc(C)c(NC(=O)C[C@@H]2SC(=Nc3ccc(C)c(F)c3)NC2=O)c1. The third kappa shape index (κ3) is 4.74. The van der Waals surface area contributed by atoms with E-state index in [1.165, 1.54) is 17.8 Å². The lowest BCUT2D eigenvalue weighted by molar-refractivity contribution is -0.122. The lowest BCUT2D eigenvalue weighted by atomic mass is 10.1. The third-order valence-electron chi connectivity index (χ3n) is 4.20. The molecule has 1 fully saturated rings. The smallest absolute Gasteiger partial charge is 0.240 e. The highest BCUT2D eigenvalue weighted by atomic mass is 32.2. The first-order chi connectivity index (χ1) is 12.8. The van der Waals surface area contributed by atoms with Crippen molar-refractivity contribution in [3.05, 3.63) is 58.9 Å². The summed E-state index contributed by atoms with van der Waals surface area (Å²) in [4.78, 5) is 28.7. The van der Waals surface area contributed by atoms with Gasteiger partial charge in [-0.15, -0.1) is 0 Å². The zero-order chi connectivity index (χ0) is 19.6. The van der Waals surface area contributed by atoms with E-state index in [1.807, 2.05) is 32.0 Å². The third-order valence-corrected chi connectivity index (χ3v) is 5.28. The molecule has 0 saturated carbocycles. The van der Waals surface area contributed by atoms with Crippen LogP contribution in [0.3, 0.4) is 0 Å². The molecule has 2 aromatic rings. The van der Waals surface area contributed by atoms with Crippen molar-refractivity contribution in [2.75, 3.05) is 5.32 Å². The molecule has 1 atom stereocenters. The number of amidine groups is 1. The van der Waals surface area contributed by atoms with Gasteiger partial charge in [-0.05, 0) is 55.7 Å². The predicted octanol–water partition coefficient (Wildman–Crippen LogP) is 4.00. The molecular formula is C20H20FN3O2S. The van der Waals surface area contributed by atoms with E-state index < -0.39 is 5.25 Å². The number of hydrogen-bond acceptors (Lipinski definition) is 4. The fourth-order valence-electron chi connectivity index (χ4n) is 2.60. The standard InChI is InChI=1S/C20H20FN3O2S/c1-11-4-5-13(3)16(8-11)23-18(25)10-17-19(26)24-20(27-17)22-14-7-6-12(2)15(21)9-14/h4-9,17H,10H2,1-3H3,(H,23,25)(H,22,24,26)/t17-/m0/s1. The van der Waals surface area contributed by atoms with Gasteiger partial charge in [0.25, 0.3) is 0 Å². The van der Waals surface area contributed by atoms with Crippen molar-refractivity contribution < 1.29 is 14.0 Å². The lowest BCUT2D eigenvalue weighted by Crippen LogP contribution is -2.28. The van der Waals surface area contributed by atoms with E-state index >= 15 is 0 Å². The molecule has 0 spiro atoms. The number of aryl methyl sites for hydroxylation is 3. The Morgan fingerprint density at radius 3 is 2.67 bits per heavy atom. The number of aliphatic imine (C=N–C) groups is 1. The first-order valence-electron chi connectivity index (χ1n) is 8.51. The number of carbonyl (C=O) groups excluding carboxylic acids is 2. The Balaban J connectivity index is 1.65. The minimum absolute atomic E-state index is 0.0329. The number of nitrogens with zero attached hydrogens (tertiary/aromatic N) is 1. The lowest BCUT2D eigenvalue weighted by Gasteiger charge is -2.10. The molecule has 1 saturated heterocycles. The Morgan fingerprint density at radius 1 is 1.19 bits per heavy atom. The summed E-state index contributed by atoms with van der Waals surface area (Å²) in [6, 6.07) is 10.4. The summed E-state index contributed by atoms with van der Waals surface area (Å²) in [5.74, 6) is -0.864. The summed E-state index contributed by atoms with van der Waals surface area (Å²) in [6.07, 6.45) is 0.0329. The Hall–Kier alpha value is -2.67. The molecule has 27 heavy (non-hydrogen) atoms. The maximum atomic E-state index is 13.6. The first-order valence-corrected chi connectivity index (χ1v) is 9.39. The Labute approximate surface area is 161 Å². The molecule has 0 unspecified atom stereocenters. The molecule has 0 aromatic heterocycles. The van der Waals surface area contributed by atoms with Crippen LogP contribution in [-0.4, -0.2) is 22.2 Å². The van der Waals surface area contributed by atoms with Gasteiger partial charge in [-0.3, -0.25) is 9.59 Å². The molecule has 2 N–H and O–H groups in total. The zero-order valence-corrected chi connectivity index (χ0v) is 16.1. The van der Waals surface area contributed by atoms with Crippen molar-refractivity contribution in [3.63, 3.8) is 0 Å². The molecule has 2 amide bonds. The monoisotopic (exact) mass is 385 g/mol. The molecule has 5 nitrogen and oxygen atoms in total. The van der Waals surface area contributed by atoms with Gasteiger partial charge in [-0.25, -0.2) is 9.38 Å². The van der Waals surface area contributed by atoms with Crippen LogP contribution in [0.2, 0.25) is 0 Å². The quantitative estimate of drug-likeness (QED) is 0.836. The van der Waals surface area contributed by atoms with E-state index in [0.717, 1.165) is 16.8 Å². The van der Waals surface area contributed by atoms with E-state index in [1.54, 1.807) is 19.1 Å². The van der Waals surface area contributed by atoms with Gasteiger partial charge in [0, 0.05) is 12.1 Å². The molecule has 1 aliphatic rings. The second-order valence-electron chi connectivity index (χ2n) is 6.52. The van der Waals surface area contributed by atoms with Crippen molar-refractivity contribution in [3.8, 4) is 0 Å². The number of anilines is 1. The highest BCUT2D eigenvalue weighted by molar-refractivity contribution is 8.15. The predicted molar refractivity (Wildman–Crippen MR) is 107 cm³/mol. The summed E-state index contributed by atoms with van der Waals surface area (Å²) in [5, 5.41) is 5.31. The van der Waals surface area contributed by atoms with Crippen molar-refractivity contribution in [1.82, 2.24) is 5.32 Å². The van der Waals surface area contributed by atoms with Gasteiger partial charge in [0.1, 0.15) is 11.1 Å². The summed E-state index contributed by atoms with van der Waals surface area (Å²) >= 11 is 1.18. The maximum absolute atomic E-state index is 13.6. The van der Waals surface area contributed by atoms with Gasteiger partial charge in [-0.1, -0.05) is 30.0 Å². The number of carbonyl (C=O) groups is 2. The molecule has 1 heterocycles. The molecule has 0 radical (unpaired) electrons. The molecular weight excluding hydrogens is 365 g/mol. The van der Waals surface area contributed by atoms with Crippen LogP contribution in [-0.2, 0) is 9.59 Å². The fraction of sp³-hybridized carbons (Fsp3) is 0.250. The highest BCUT2D eigenvalue weighted by Crippen LogP contribution is 2.26. The largest absolute Gasteiger partial charge is 0.326 e. The van der Waals surface area contributed by atoms with Crippen molar-refractivity contribution in [2.24, 2.45) is 4.99 Å². The van der Waals surface area contributed by atoms with Crippen LogP contribution in [0.25, 0.3) is 0 Å². The number of nitrogens with one attached hydrogen (secondary N) is 2. The normalized spacial score (nSPS) is 17.9. The topological polar surface area (TPSA) is 70.6 Å². The van der Waals surface area contributed by atoms with Crippen LogP contribution in [0.4, 0.5) is 15.8 Å². The van der Waals surface area contributed by atoms with Crippen LogP contribution in [0.5, 0.6) is 0 Å². The van der Waals surface area contributed by atoms with Gasteiger partial charge in [0.15, 0.2) is 5.17 Å². The number of hydrogen-bond donors (Lipinski definition) is 2. The molecule has 2 aromatic carbocycles.